The van der Waals surface area contributed by atoms with Crippen molar-refractivity contribution < 1.29 is 80.2 Å². The lowest BCUT2D eigenvalue weighted by molar-refractivity contribution is -0.161. The molecule has 2 unspecified atom stereocenters. The highest BCUT2D eigenvalue weighted by atomic mass is 31.2. The Kier molecular flexibility index (Phi) is 70.6. The summed E-state index contributed by atoms with van der Waals surface area (Å²) in [7, 11) is -9.91. The molecule has 0 radical (unpaired) electrons. The third-order valence-corrected chi connectivity index (χ3v) is 20.4. The van der Waals surface area contributed by atoms with Gasteiger partial charge in [-0.2, -0.15) is 0 Å². The molecule has 17 nitrogen and oxygen atoms in total. The number of phosphoric ester groups is 2. The van der Waals surface area contributed by atoms with Crippen molar-refractivity contribution in [3.8, 4) is 0 Å². The summed E-state index contributed by atoms with van der Waals surface area (Å²) < 4.78 is 68.6. The molecular formula is C79H154O17P2. The molecule has 3 N–H and O–H groups in total. The van der Waals surface area contributed by atoms with Crippen LogP contribution < -0.4 is 0 Å². The Labute approximate surface area is 600 Å². The summed E-state index contributed by atoms with van der Waals surface area (Å²) in [5, 5.41) is 10.6. The molecule has 0 bridgehead atoms. The van der Waals surface area contributed by atoms with E-state index in [9.17, 15) is 43.2 Å². The predicted molar refractivity (Wildman–Crippen MR) is 400 cm³/mol. The number of hydrogen-bond acceptors (Lipinski definition) is 15. The third kappa shape index (κ3) is 72.4. The third-order valence-electron chi connectivity index (χ3n) is 18.5. The van der Waals surface area contributed by atoms with Gasteiger partial charge in [0.1, 0.15) is 19.3 Å². The highest BCUT2D eigenvalue weighted by Gasteiger charge is 2.30. The van der Waals surface area contributed by atoms with Crippen LogP contribution in [0.1, 0.15) is 420 Å². The van der Waals surface area contributed by atoms with Crippen LogP contribution in [0.25, 0.3) is 0 Å². The summed E-state index contributed by atoms with van der Waals surface area (Å²) >= 11 is 0. The number of ether oxygens (including phenoxy) is 4. The fourth-order valence-corrected chi connectivity index (χ4v) is 13.8. The molecule has 0 fully saturated rings. The monoisotopic (exact) mass is 1440 g/mol. The van der Waals surface area contributed by atoms with Crippen LogP contribution in [0.4, 0.5) is 0 Å². The number of phosphoric acid groups is 2. The normalized spacial score (nSPS) is 13.9. The van der Waals surface area contributed by atoms with Crippen LogP contribution in [0, 0.1) is 5.92 Å². The first-order valence-electron chi connectivity index (χ1n) is 41.1. The molecule has 98 heavy (non-hydrogen) atoms. The highest BCUT2D eigenvalue weighted by molar-refractivity contribution is 7.47. The topological polar surface area (TPSA) is 237 Å². The lowest BCUT2D eigenvalue weighted by atomic mass is 10.0. The first-order chi connectivity index (χ1) is 47.5. The molecule has 0 aliphatic rings. The Morgan fingerprint density at radius 3 is 0.694 bits per heavy atom. The molecule has 0 saturated heterocycles. The minimum Gasteiger partial charge on any atom is -0.462 e. The van der Waals surface area contributed by atoms with E-state index in [2.05, 4.69) is 34.6 Å². The van der Waals surface area contributed by atoms with Gasteiger partial charge in [0, 0.05) is 25.7 Å². The molecule has 0 rings (SSSR count). The van der Waals surface area contributed by atoms with Crippen LogP contribution >= 0.6 is 15.6 Å². The van der Waals surface area contributed by atoms with Gasteiger partial charge in [0.15, 0.2) is 12.2 Å². The van der Waals surface area contributed by atoms with E-state index in [1.165, 1.54) is 238 Å². The summed E-state index contributed by atoms with van der Waals surface area (Å²) in [6, 6.07) is 0. The molecule has 0 amide bonds. The Balaban J connectivity index is 5.20. The van der Waals surface area contributed by atoms with Crippen LogP contribution in [0.15, 0.2) is 0 Å². The number of hydrogen-bond donors (Lipinski definition) is 3. The van der Waals surface area contributed by atoms with Gasteiger partial charge in [-0.05, 0) is 31.6 Å². The minimum absolute atomic E-state index is 0.108. The molecule has 0 aromatic rings. The lowest BCUT2D eigenvalue weighted by Crippen LogP contribution is -2.30. The fraction of sp³-hybridized carbons (Fsp3) is 0.949. The second-order valence-electron chi connectivity index (χ2n) is 28.9. The molecule has 0 aliphatic heterocycles. The van der Waals surface area contributed by atoms with E-state index in [1.807, 2.05) is 0 Å². The van der Waals surface area contributed by atoms with Crippen LogP contribution in [0.3, 0.4) is 0 Å². The predicted octanol–water partition coefficient (Wildman–Crippen LogP) is 23.6. The van der Waals surface area contributed by atoms with E-state index in [4.69, 9.17) is 37.0 Å². The second kappa shape index (κ2) is 72.0. The van der Waals surface area contributed by atoms with E-state index >= 15 is 0 Å². The Morgan fingerprint density at radius 2 is 0.469 bits per heavy atom. The van der Waals surface area contributed by atoms with E-state index in [0.29, 0.717) is 25.7 Å². The van der Waals surface area contributed by atoms with Crippen molar-refractivity contribution in [3.63, 3.8) is 0 Å². The summed E-state index contributed by atoms with van der Waals surface area (Å²) in [4.78, 5) is 72.9. The molecule has 0 aliphatic carbocycles. The number of carbonyl (C=O) groups is 4. The Bertz CT molecular complexity index is 1870. The molecule has 0 heterocycles. The maximum Gasteiger partial charge on any atom is 0.472 e. The van der Waals surface area contributed by atoms with Gasteiger partial charge in [-0.1, -0.05) is 369 Å². The van der Waals surface area contributed by atoms with Crippen molar-refractivity contribution in [2.24, 2.45) is 5.92 Å². The average molecular weight is 1440 g/mol. The van der Waals surface area contributed by atoms with Gasteiger partial charge in [0.05, 0.1) is 26.4 Å². The molecule has 5 atom stereocenters. The second-order valence-corrected chi connectivity index (χ2v) is 31.8. The van der Waals surface area contributed by atoms with Gasteiger partial charge in [-0.25, -0.2) is 9.13 Å². The van der Waals surface area contributed by atoms with Crippen molar-refractivity contribution in [1.29, 1.82) is 0 Å². The maximum atomic E-state index is 13.1. The zero-order chi connectivity index (χ0) is 71.9. The summed E-state index contributed by atoms with van der Waals surface area (Å²) in [5.74, 6) is -1.32. The largest absolute Gasteiger partial charge is 0.472 e. The maximum absolute atomic E-state index is 13.1. The summed E-state index contributed by atoms with van der Waals surface area (Å²) in [6.45, 7) is 7.32. The summed E-state index contributed by atoms with van der Waals surface area (Å²) in [6.07, 6.45) is 62.4. The smallest absolute Gasteiger partial charge is 0.462 e. The van der Waals surface area contributed by atoms with E-state index in [-0.39, 0.29) is 25.7 Å². The van der Waals surface area contributed by atoms with E-state index < -0.39 is 97.5 Å². The van der Waals surface area contributed by atoms with E-state index in [0.717, 1.165) is 102 Å². The number of esters is 4. The van der Waals surface area contributed by atoms with Gasteiger partial charge < -0.3 is 33.8 Å². The Morgan fingerprint density at radius 1 is 0.276 bits per heavy atom. The van der Waals surface area contributed by atoms with Crippen molar-refractivity contribution in [1.82, 2.24) is 0 Å². The SMILES string of the molecule is CCCCCCCCCCCCCCCCCCCCC(=O)O[C@H](COC(=O)CCCCCCCCCCCCCCCC(C)C)COP(=O)(O)OC[C@@H](O)COP(=O)(O)OC[C@@H](COC(=O)CCCCCCCCCC)OC(=O)CCCCCCCCCCCCCCCCCC. The quantitative estimate of drug-likeness (QED) is 0.0222. The van der Waals surface area contributed by atoms with E-state index in [1.54, 1.807) is 0 Å². The standard InChI is InChI=1S/C79H154O17P2/c1-6-9-12-15-18-21-23-25-27-29-30-32-36-41-45-50-55-60-65-79(84)96-75(69-90-77(82)63-58-53-48-43-39-37-33-34-38-42-46-51-56-61-72(4)5)71-94-98(87,88)92-67-73(80)66-91-97(85,86)93-70-74(68-89-76(81)62-57-52-47-20-17-14-11-8-3)95-78(83)64-59-54-49-44-40-35-31-28-26-24-22-19-16-13-10-7-2/h72-75,80H,6-71H2,1-5H3,(H,85,86)(H,87,88)/t73-,74+,75+/m0/s1. The number of aliphatic hydroxyl groups is 1. The molecular weight excluding hydrogens is 1280 g/mol. The van der Waals surface area contributed by atoms with Crippen molar-refractivity contribution in [2.75, 3.05) is 39.6 Å². The first-order valence-corrected chi connectivity index (χ1v) is 44.1. The van der Waals surface area contributed by atoms with Gasteiger partial charge in [0.2, 0.25) is 0 Å². The molecule has 0 aromatic carbocycles. The van der Waals surface area contributed by atoms with Crippen molar-refractivity contribution in [2.45, 2.75) is 438 Å². The highest BCUT2D eigenvalue weighted by Crippen LogP contribution is 2.45. The van der Waals surface area contributed by atoms with Crippen molar-refractivity contribution in [3.05, 3.63) is 0 Å². The number of aliphatic hydroxyl groups excluding tert-OH is 1. The van der Waals surface area contributed by atoms with Gasteiger partial charge in [-0.3, -0.25) is 37.3 Å². The molecule has 0 spiro atoms. The molecule has 582 valence electrons. The van der Waals surface area contributed by atoms with Crippen LogP contribution in [0.2, 0.25) is 0 Å². The van der Waals surface area contributed by atoms with Gasteiger partial charge >= 0.3 is 39.5 Å². The number of rotatable bonds is 79. The Hall–Kier alpha value is -1.94. The summed E-state index contributed by atoms with van der Waals surface area (Å²) in [5.41, 5.74) is 0. The van der Waals surface area contributed by atoms with Crippen LogP contribution in [-0.2, 0) is 65.4 Å². The van der Waals surface area contributed by atoms with Crippen LogP contribution in [-0.4, -0.2) is 96.7 Å². The number of unbranched alkanes of at least 4 members (excludes halogenated alkanes) is 51. The lowest BCUT2D eigenvalue weighted by Gasteiger charge is -2.21. The molecule has 0 saturated carbocycles. The molecule has 0 aromatic heterocycles. The molecule has 19 heteroatoms. The van der Waals surface area contributed by atoms with Crippen LogP contribution in [0.5, 0.6) is 0 Å². The fourth-order valence-electron chi connectivity index (χ4n) is 12.2. The van der Waals surface area contributed by atoms with Gasteiger partial charge in [0.25, 0.3) is 0 Å². The number of carbonyl (C=O) groups excluding carboxylic acids is 4. The zero-order valence-corrected chi connectivity index (χ0v) is 65.7. The van der Waals surface area contributed by atoms with Gasteiger partial charge in [-0.15, -0.1) is 0 Å². The average Bonchev–Trinajstić information content (AvgIpc) is 1.07. The first kappa shape index (κ1) is 96.1. The minimum atomic E-state index is -4.96. The zero-order valence-electron chi connectivity index (χ0n) is 63.9. The van der Waals surface area contributed by atoms with Crippen molar-refractivity contribution >= 4 is 39.5 Å².